The zero-order chi connectivity index (χ0) is 9.35. The summed E-state index contributed by atoms with van der Waals surface area (Å²) < 4.78 is 5.31. The lowest BCUT2D eigenvalue weighted by Crippen LogP contribution is -2.59. The number of carboxylic acids is 1. The smallest absolute Gasteiger partial charge is 0.336 e. The van der Waals surface area contributed by atoms with Crippen molar-refractivity contribution in [3.8, 4) is 0 Å². The van der Waals surface area contributed by atoms with Crippen LogP contribution in [0.1, 0.15) is 27.2 Å². The van der Waals surface area contributed by atoms with Crippen LogP contribution in [0.3, 0.4) is 0 Å². The average molecular weight is 172 g/mol. The Morgan fingerprint density at radius 2 is 2.25 bits per heavy atom. The highest BCUT2D eigenvalue weighted by atomic mass is 16.5. The summed E-state index contributed by atoms with van der Waals surface area (Å²) in [5, 5.41) is 8.98. The number of hydrogen-bond donors (Lipinski definition) is 1. The van der Waals surface area contributed by atoms with Crippen LogP contribution in [-0.4, -0.2) is 23.3 Å². The Morgan fingerprint density at radius 3 is 2.50 bits per heavy atom. The van der Waals surface area contributed by atoms with Crippen molar-refractivity contribution >= 4 is 5.97 Å². The van der Waals surface area contributed by atoms with E-state index in [2.05, 4.69) is 6.92 Å². The van der Waals surface area contributed by atoms with Gasteiger partial charge >= 0.3 is 5.97 Å². The summed E-state index contributed by atoms with van der Waals surface area (Å²) in [4.78, 5) is 10.9. The molecule has 0 radical (unpaired) electrons. The van der Waals surface area contributed by atoms with E-state index >= 15 is 0 Å². The van der Waals surface area contributed by atoms with Crippen LogP contribution in [-0.2, 0) is 9.53 Å². The molecule has 0 saturated heterocycles. The first-order valence-corrected chi connectivity index (χ1v) is 4.42. The minimum atomic E-state index is -0.881. The van der Waals surface area contributed by atoms with Gasteiger partial charge in [0.1, 0.15) is 0 Å². The van der Waals surface area contributed by atoms with Gasteiger partial charge in [-0.25, -0.2) is 4.79 Å². The van der Waals surface area contributed by atoms with Gasteiger partial charge in [0.2, 0.25) is 0 Å². The van der Waals surface area contributed by atoms with Gasteiger partial charge in [-0.3, -0.25) is 0 Å². The Morgan fingerprint density at radius 1 is 1.67 bits per heavy atom. The fraction of sp³-hybridized carbons (Fsp3) is 0.889. The fourth-order valence-corrected chi connectivity index (χ4v) is 1.93. The summed E-state index contributed by atoms with van der Waals surface area (Å²) in [5.74, 6) is -0.211. The molecule has 70 valence electrons. The zero-order valence-electron chi connectivity index (χ0n) is 7.83. The monoisotopic (exact) mass is 172 g/mol. The van der Waals surface area contributed by atoms with Crippen molar-refractivity contribution < 1.29 is 14.6 Å². The van der Waals surface area contributed by atoms with Gasteiger partial charge < -0.3 is 9.84 Å². The van der Waals surface area contributed by atoms with Gasteiger partial charge in [-0.15, -0.1) is 0 Å². The first kappa shape index (κ1) is 9.52. The average Bonchev–Trinajstić information content (AvgIpc) is 2.02. The van der Waals surface area contributed by atoms with E-state index in [1.54, 1.807) is 0 Å². The van der Waals surface area contributed by atoms with Crippen molar-refractivity contribution in [2.24, 2.45) is 11.8 Å². The molecule has 12 heavy (non-hydrogen) atoms. The second kappa shape index (κ2) is 3.05. The first-order valence-electron chi connectivity index (χ1n) is 4.42. The van der Waals surface area contributed by atoms with Crippen molar-refractivity contribution in [3.05, 3.63) is 0 Å². The van der Waals surface area contributed by atoms with E-state index in [4.69, 9.17) is 9.84 Å². The summed E-state index contributed by atoms with van der Waals surface area (Å²) in [5.41, 5.74) is -0.881. The topological polar surface area (TPSA) is 46.5 Å². The van der Waals surface area contributed by atoms with Crippen LogP contribution in [0.5, 0.6) is 0 Å². The predicted octanol–water partition coefficient (Wildman–Crippen LogP) is 1.52. The summed E-state index contributed by atoms with van der Waals surface area (Å²) in [6.07, 6.45) is 0.650. The van der Waals surface area contributed by atoms with Crippen LogP contribution >= 0.6 is 0 Å². The molecule has 1 rings (SSSR count). The van der Waals surface area contributed by atoms with Crippen LogP contribution < -0.4 is 0 Å². The number of hydrogen-bond acceptors (Lipinski definition) is 2. The fourth-order valence-electron chi connectivity index (χ4n) is 1.93. The molecule has 1 saturated carbocycles. The van der Waals surface area contributed by atoms with E-state index in [-0.39, 0.29) is 5.92 Å². The minimum Gasteiger partial charge on any atom is -0.479 e. The molecule has 3 nitrogen and oxygen atoms in total. The first-order chi connectivity index (χ1) is 5.54. The third kappa shape index (κ3) is 1.12. The molecule has 0 spiro atoms. The Kier molecular flexibility index (Phi) is 2.42. The standard InChI is InChI=1S/C9H16O3/c1-4-12-9(8(10)11)5-6(2)7(9)3/h6-7H,4-5H2,1-3H3,(H,10,11). The molecule has 0 amide bonds. The molecule has 3 heteroatoms. The Balaban J connectivity index is 2.70. The molecule has 1 fully saturated rings. The van der Waals surface area contributed by atoms with Gasteiger partial charge in [0.15, 0.2) is 5.60 Å². The Labute approximate surface area is 72.7 Å². The predicted molar refractivity (Wildman–Crippen MR) is 44.9 cm³/mol. The maximum atomic E-state index is 10.9. The van der Waals surface area contributed by atoms with E-state index in [0.29, 0.717) is 18.9 Å². The summed E-state index contributed by atoms with van der Waals surface area (Å²) in [6, 6.07) is 0. The maximum absolute atomic E-state index is 10.9. The lowest BCUT2D eigenvalue weighted by molar-refractivity contribution is -0.203. The molecular weight excluding hydrogens is 156 g/mol. The number of carboxylic acid groups (broad SMARTS) is 1. The molecule has 3 atom stereocenters. The van der Waals surface area contributed by atoms with E-state index in [9.17, 15) is 4.79 Å². The number of rotatable bonds is 3. The van der Waals surface area contributed by atoms with Crippen LogP contribution in [0.2, 0.25) is 0 Å². The third-order valence-corrected chi connectivity index (χ3v) is 2.98. The second-order valence-corrected chi connectivity index (χ2v) is 3.60. The van der Waals surface area contributed by atoms with Crippen molar-refractivity contribution in [2.75, 3.05) is 6.61 Å². The van der Waals surface area contributed by atoms with Crippen LogP contribution in [0.4, 0.5) is 0 Å². The molecule has 0 aromatic rings. The molecule has 1 aliphatic carbocycles. The highest BCUT2D eigenvalue weighted by Gasteiger charge is 2.56. The van der Waals surface area contributed by atoms with Crippen molar-refractivity contribution in [2.45, 2.75) is 32.8 Å². The Hall–Kier alpha value is -0.570. The van der Waals surface area contributed by atoms with Crippen LogP contribution in [0, 0.1) is 11.8 Å². The lowest BCUT2D eigenvalue weighted by atomic mass is 9.63. The van der Waals surface area contributed by atoms with Gasteiger partial charge in [0.25, 0.3) is 0 Å². The van der Waals surface area contributed by atoms with E-state index < -0.39 is 11.6 Å². The summed E-state index contributed by atoms with van der Waals surface area (Å²) in [7, 11) is 0. The van der Waals surface area contributed by atoms with E-state index in [1.807, 2.05) is 13.8 Å². The van der Waals surface area contributed by atoms with Crippen molar-refractivity contribution in [1.29, 1.82) is 0 Å². The molecule has 0 aromatic carbocycles. The molecule has 0 heterocycles. The lowest BCUT2D eigenvalue weighted by Gasteiger charge is -2.48. The molecule has 0 aromatic heterocycles. The molecule has 1 aliphatic rings. The molecule has 3 unspecified atom stereocenters. The van der Waals surface area contributed by atoms with Gasteiger partial charge in [-0.2, -0.15) is 0 Å². The second-order valence-electron chi connectivity index (χ2n) is 3.60. The number of aliphatic carboxylic acids is 1. The third-order valence-electron chi connectivity index (χ3n) is 2.98. The van der Waals surface area contributed by atoms with Gasteiger partial charge in [-0.05, 0) is 25.2 Å². The van der Waals surface area contributed by atoms with E-state index in [0.717, 1.165) is 0 Å². The minimum absolute atomic E-state index is 0.134. The molecular formula is C9H16O3. The van der Waals surface area contributed by atoms with Gasteiger partial charge in [0.05, 0.1) is 0 Å². The highest BCUT2D eigenvalue weighted by molar-refractivity contribution is 5.79. The largest absolute Gasteiger partial charge is 0.479 e. The normalized spacial score (nSPS) is 40.6. The summed E-state index contributed by atoms with van der Waals surface area (Å²) in [6.45, 7) is 6.31. The van der Waals surface area contributed by atoms with Gasteiger partial charge in [0, 0.05) is 6.61 Å². The number of ether oxygens (including phenoxy) is 1. The van der Waals surface area contributed by atoms with Crippen molar-refractivity contribution in [1.82, 2.24) is 0 Å². The van der Waals surface area contributed by atoms with Crippen molar-refractivity contribution in [3.63, 3.8) is 0 Å². The quantitative estimate of drug-likeness (QED) is 0.702. The molecule has 1 N–H and O–H groups in total. The SMILES string of the molecule is CCOC1(C(=O)O)CC(C)C1C. The zero-order valence-corrected chi connectivity index (χ0v) is 7.83. The van der Waals surface area contributed by atoms with E-state index in [1.165, 1.54) is 0 Å². The molecule has 0 aliphatic heterocycles. The maximum Gasteiger partial charge on any atom is 0.336 e. The van der Waals surface area contributed by atoms with Crippen LogP contribution in [0.25, 0.3) is 0 Å². The highest BCUT2D eigenvalue weighted by Crippen LogP contribution is 2.46. The Bertz CT molecular complexity index is 186. The summed E-state index contributed by atoms with van der Waals surface area (Å²) >= 11 is 0. The van der Waals surface area contributed by atoms with Crippen LogP contribution in [0.15, 0.2) is 0 Å². The van der Waals surface area contributed by atoms with Gasteiger partial charge in [-0.1, -0.05) is 13.8 Å². The molecule has 0 bridgehead atoms. The number of carbonyl (C=O) groups is 1.